The van der Waals surface area contributed by atoms with Crippen LogP contribution in [0.5, 0.6) is 0 Å². The van der Waals surface area contributed by atoms with Crippen molar-refractivity contribution >= 4 is 39.3 Å². The Morgan fingerprint density at radius 2 is 1.97 bits per heavy atom. The van der Waals surface area contributed by atoms with Gasteiger partial charge < -0.3 is 11.1 Å². The number of halogens is 4. The van der Waals surface area contributed by atoms with Crippen LogP contribution < -0.4 is 11.1 Å². The van der Waals surface area contributed by atoms with Gasteiger partial charge in [-0.3, -0.25) is 4.79 Å². The fourth-order valence-electron chi connectivity index (χ4n) is 3.97. The molecule has 1 amide bonds. The highest BCUT2D eigenvalue weighted by Crippen LogP contribution is 2.46. The van der Waals surface area contributed by atoms with Crippen LogP contribution in [0.3, 0.4) is 0 Å². The number of carbonyl (C=O) groups is 1. The highest BCUT2D eigenvalue weighted by atomic mass is 79.9. The molecule has 3 N–H and O–H groups in total. The predicted octanol–water partition coefficient (Wildman–Crippen LogP) is 5.98. The first-order chi connectivity index (χ1) is 13.7. The van der Waals surface area contributed by atoms with Gasteiger partial charge in [-0.2, -0.15) is 13.2 Å². The maximum Gasteiger partial charge on any atom is 0.416 e. The van der Waals surface area contributed by atoms with Crippen LogP contribution >= 0.6 is 27.7 Å². The van der Waals surface area contributed by atoms with E-state index >= 15 is 0 Å². The van der Waals surface area contributed by atoms with E-state index in [9.17, 15) is 18.0 Å². The number of benzene rings is 2. The summed E-state index contributed by atoms with van der Waals surface area (Å²) in [6, 6.07) is 7.98. The lowest BCUT2D eigenvalue weighted by atomic mass is 9.85. The maximum absolute atomic E-state index is 13.5. The molecule has 3 nitrogen and oxygen atoms in total. The van der Waals surface area contributed by atoms with Crippen LogP contribution in [-0.4, -0.2) is 11.9 Å². The Labute approximate surface area is 179 Å². The van der Waals surface area contributed by atoms with Gasteiger partial charge in [-0.1, -0.05) is 40.2 Å². The van der Waals surface area contributed by atoms with Crippen LogP contribution in [0.15, 0.2) is 44.6 Å². The summed E-state index contributed by atoms with van der Waals surface area (Å²) in [5.74, 6) is -0.503. The van der Waals surface area contributed by atoms with Crippen molar-refractivity contribution in [2.24, 2.45) is 11.7 Å². The Kier molecular flexibility index (Phi) is 5.70. The molecule has 1 aliphatic heterocycles. The quantitative estimate of drug-likeness (QED) is 0.470. The van der Waals surface area contributed by atoms with Crippen molar-refractivity contribution in [2.45, 2.75) is 54.1 Å². The van der Waals surface area contributed by atoms with Crippen molar-refractivity contribution in [1.82, 2.24) is 0 Å². The summed E-state index contributed by atoms with van der Waals surface area (Å²) in [6.45, 7) is 0. The first-order valence-corrected chi connectivity index (χ1v) is 11.1. The zero-order chi connectivity index (χ0) is 20.8. The van der Waals surface area contributed by atoms with Gasteiger partial charge in [0, 0.05) is 38.3 Å². The minimum Gasteiger partial charge on any atom is -0.328 e. The first kappa shape index (κ1) is 20.8. The third-order valence-corrected chi connectivity index (χ3v) is 7.17. The summed E-state index contributed by atoms with van der Waals surface area (Å²) >= 11 is 4.71. The predicted molar refractivity (Wildman–Crippen MR) is 111 cm³/mol. The smallest absolute Gasteiger partial charge is 0.328 e. The fourth-order valence-corrected chi connectivity index (χ4v) is 5.67. The van der Waals surface area contributed by atoms with Gasteiger partial charge in [0.25, 0.3) is 0 Å². The maximum atomic E-state index is 13.5. The Morgan fingerprint density at radius 3 is 2.69 bits per heavy atom. The highest BCUT2D eigenvalue weighted by molar-refractivity contribution is 9.10. The number of rotatable bonds is 2. The fraction of sp³-hybridized carbons (Fsp3) is 0.381. The van der Waals surface area contributed by atoms with E-state index in [1.165, 1.54) is 17.8 Å². The number of hydrogen-bond donors (Lipinski definition) is 2. The number of carbonyl (C=O) groups excluding carboxylic acids is 1. The van der Waals surface area contributed by atoms with Crippen LogP contribution in [0.25, 0.3) is 0 Å². The molecule has 2 unspecified atom stereocenters. The molecule has 0 bridgehead atoms. The third kappa shape index (κ3) is 4.49. The van der Waals surface area contributed by atoms with E-state index in [0.29, 0.717) is 24.2 Å². The molecule has 0 spiro atoms. The number of alkyl halides is 3. The van der Waals surface area contributed by atoms with Gasteiger partial charge in [0.15, 0.2) is 0 Å². The zero-order valence-corrected chi connectivity index (χ0v) is 17.9. The average molecular weight is 485 g/mol. The SMILES string of the molecule is NC1CCCC(C(=O)Nc2cc(C(F)(F)F)cc3c2Cc2ccc(Br)cc2S3)C1. The normalized spacial score (nSPS) is 21.3. The van der Waals surface area contributed by atoms with Crippen molar-refractivity contribution in [3.05, 3.63) is 51.5 Å². The van der Waals surface area contributed by atoms with E-state index in [2.05, 4.69) is 21.2 Å². The molecule has 0 aromatic heterocycles. The number of hydrogen-bond acceptors (Lipinski definition) is 3. The minimum atomic E-state index is -4.49. The summed E-state index contributed by atoms with van der Waals surface area (Å²) < 4.78 is 41.4. The number of nitrogens with two attached hydrogens (primary N) is 1. The highest BCUT2D eigenvalue weighted by Gasteiger charge is 2.34. The number of amides is 1. The van der Waals surface area contributed by atoms with Crippen molar-refractivity contribution in [3.8, 4) is 0 Å². The van der Waals surface area contributed by atoms with Gasteiger partial charge >= 0.3 is 6.18 Å². The van der Waals surface area contributed by atoms with E-state index in [4.69, 9.17) is 5.73 Å². The molecule has 2 atom stereocenters. The Hall–Kier alpha value is -1.51. The largest absolute Gasteiger partial charge is 0.416 e. The van der Waals surface area contributed by atoms with E-state index in [1.807, 2.05) is 18.2 Å². The molecular formula is C21H20BrF3N2OS. The van der Waals surface area contributed by atoms with Gasteiger partial charge in [-0.25, -0.2) is 0 Å². The van der Waals surface area contributed by atoms with Crippen molar-refractivity contribution in [3.63, 3.8) is 0 Å². The number of anilines is 1. The van der Waals surface area contributed by atoms with E-state index in [-0.39, 0.29) is 23.6 Å². The molecular weight excluding hydrogens is 465 g/mol. The molecule has 2 aliphatic rings. The monoisotopic (exact) mass is 484 g/mol. The second kappa shape index (κ2) is 7.96. The standard InChI is InChI=1S/C21H20BrF3N2OS/c22-14-5-4-11-7-16-17(27-20(28)12-2-1-3-15(26)6-12)8-13(21(23,24)25)9-19(16)29-18(11)10-14/h4-5,8-10,12,15H,1-3,6-7,26H2,(H,27,28). The van der Waals surface area contributed by atoms with Crippen molar-refractivity contribution < 1.29 is 18.0 Å². The molecule has 1 heterocycles. The molecule has 154 valence electrons. The first-order valence-electron chi connectivity index (χ1n) is 9.47. The lowest BCUT2D eigenvalue weighted by Gasteiger charge is -2.28. The van der Waals surface area contributed by atoms with Crippen LogP contribution in [0.1, 0.15) is 42.4 Å². The van der Waals surface area contributed by atoms with E-state index in [1.54, 1.807) is 0 Å². The molecule has 1 saturated carbocycles. The second-order valence-electron chi connectivity index (χ2n) is 7.64. The van der Waals surface area contributed by atoms with Gasteiger partial charge in [-0.15, -0.1) is 0 Å². The molecule has 0 radical (unpaired) electrons. The van der Waals surface area contributed by atoms with Crippen LogP contribution in [0, 0.1) is 5.92 Å². The topological polar surface area (TPSA) is 55.1 Å². The summed E-state index contributed by atoms with van der Waals surface area (Å²) in [5.41, 5.74) is 7.23. The van der Waals surface area contributed by atoms with Crippen LogP contribution in [-0.2, 0) is 17.4 Å². The summed E-state index contributed by atoms with van der Waals surface area (Å²) in [7, 11) is 0. The lowest BCUT2D eigenvalue weighted by Crippen LogP contribution is -2.34. The van der Waals surface area contributed by atoms with Gasteiger partial charge in [0.05, 0.1) is 5.56 Å². The number of fused-ring (bicyclic) bond motifs is 2. The molecule has 29 heavy (non-hydrogen) atoms. The average Bonchev–Trinajstić information content (AvgIpc) is 2.65. The van der Waals surface area contributed by atoms with Crippen LogP contribution in [0.4, 0.5) is 18.9 Å². The Morgan fingerprint density at radius 1 is 1.17 bits per heavy atom. The van der Waals surface area contributed by atoms with Gasteiger partial charge in [-0.05, 0) is 54.7 Å². The Bertz CT molecular complexity index is 964. The third-order valence-electron chi connectivity index (χ3n) is 5.50. The molecule has 2 aromatic carbocycles. The van der Waals surface area contributed by atoms with Crippen LogP contribution in [0.2, 0.25) is 0 Å². The van der Waals surface area contributed by atoms with Crippen molar-refractivity contribution in [2.75, 3.05) is 5.32 Å². The molecule has 0 saturated heterocycles. The number of nitrogens with one attached hydrogen (secondary N) is 1. The van der Waals surface area contributed by atoms with Gasteiger partial charge in [0.2, 0.25) is 5.91 Å². The second-order valence-corrected chi connectivity index (χ2v) is 9.64. The summed E-state index contributed by atoms with van der Waals surface area (Å²) in [6.07, 6.45) is -0.989. The summed E-state index contributed by atoms with van der Waals surface area (Å²) in [5, 5.41) is 2.80. The van der Waals surface area contributed by atoms with E-state index < -0.39 is 11.7 Å². The molecule has 4 rings (SSSR count). The molecule has 8 heteroatoms. The molecule has 1 aliphatic carbocycles. The molecule has 2 aromatic rings. The zero-order valence-electron chi connectivity index (χ0n) is 15.5. The van der Waals surface area contributed by atoms with Crippen molar-refractivity contribution in [1.29, 1.82) is 0 Å². The van der Waals surface area contributed by atoms with E-state index in [0.717, 1.165) is 39.4 Å². The lowest BCUT2D eigenvalue weighted by molar-refractivity contribution is -0.137. The molecule has 1 fully saturated rings. The Balaban J connectivity index is 1.70. The van der Waals surface area contributed by atoms with Gasteiger partial charge in [0.1, 0.15) is 0 Å². The summed E-state index contributed by atoms with van der Waals surface area (Å²) in [4.78, 5) is 14.2. The minimum absolute atomic E-state index is 0.0317.